The van der Waals surface area contributed by atoms with Crippen LogP contribution >= 0.6 is 24.0 Å². The van der Waals surface area contributed by atoms with Crippen molar-refractivity contribution < 1.29 is 10.2 Å². The Labute approximate surface area is 124 Å². The lowest BCUT2D eigenvalue weighted by Crippen LogP contribution is -2.45. The molecule has 1 fully saturated rings. The second-order valence-electron chi connectivity index (χ2n) is 4.49. The summed E-state index contributed by atoms with van der Waals surface area (Å²) >= 11 is 5.95. The SMILES string of the molecule is Cl.OCC[C@@H](c1cccc(Cl)c1O)N1CCNCC1. The van der Waals surface area contributed by atoms with Gasteiger partial charge in [0.25, 0.3) is 0 Å². The number of aromatic hydroxyl groups is 1. The molecule has 4 nitrogen and oxygen atoms in total. The second kappa shape index (κ2) is 7.92. The van der Waals surface area contributed by atoms with Crippen molar-refractivity contribution in [1.82, 2.24) is 10.2 Å². The number of aliphatic hydroxyl groups excluding tert-OH is 1. The lowest BCUT2D eigenvalue weighted by Gasteiger charge is -2.35. The highest BCUT2D eigenvalue weighted by atomic mass is 35.5. The van der Waals surface area contributed by atoms with Gasteiger partial charge in [0.2, 0.25) is 0 Å². The normalized spacial score (nSPS) is 17.8. The summed E-state index contributed by atoms with van der Waals surface area (Å²) in [7, 11) is 0. The number of rotatable bonds is 4. The number of piperazine rings is 1. The van der Waals surface area contributed by atoms with Gasteiger partial charge in [0, 0.05) is 44.4 Å². The third-order valence-corrected chi connectivity index (χ3v) is 3.68. The third-order valence-electron chi connectivity index (χ3n) is 3.37. The minimum absolute atomic E-state index is 0. The molecule has 0 radical (unpaired) electrons. The Morgan fingerprint density at radius 3 is 2.63 bits per heavy atom. The van der Waals surface area contributed by atoms with Crippen molar-refractivity contribution in [2.24, 2.45) is 0 Å². The van der Waals surface area contributed by atoms with E-state index in [1.165, 1.54) is 0 Å². The van der Waals surface area contributed by atoms with Crippen LogP contribution in [0.4, 0.5) is 0 Å². The van der Waals surface area contributed by atoms with Crippen LogP contribution in [0, 0.1) is 0 Å². The average Bonchev–Trinajstić information content (AvgIpc) is 2.41. The van der Waals surface area contributed by atoms with Crippen LogP contribution < -0.4 is 5.32 Å². The predicted molar refractivity (Wildman–Crippen MR) is 79.3 cm³/mol. The number of halogens is 2. The molecule has 0 amide bonds. The van der Waals surface area contributed by atoms with Gasteiger partial charge in [0.15, 0.2) is 0 Å². The zero-order chi connectivity index (χ0) is 13.0. The molecule has 1 aromatic rings. The van der Waals surface area contributed by atoms with Crippen molar-refractivity contribution in [1.29, 1.82) is 0 Å². The maximum atomic E-state index is 10.1. The van der Waals surface area contributed by atoms with Gasteiger partial charge in [-0.05, 0) is 12.5 Å². The first-order chi connectivity index (χ1) is 8.74. The minimum atomic E-state index is 0. The fraction of sp³-hybridized carbons (Fsp3) is 0.538. The summed E-state index contributed by atoms with van der Waals surface area (Å²) in [5.74, 6) is 0.135. The second-order valence-corrected chi connectivity index (χ2v) is 4.90. The Bertz CT molecular complexity index is 398. The maximum absolute atomic E-state index is 10.1. The fourth-order valence-electron chi connectivity index (χ4n) is 2.45. The van der Waals surface area contributed by atoms with Crippen molar-refractivity contribution in [3.05, 3.63) is 28.8 Å². The van der Waals surface area contributed by atoms with Crippen LogP contribution in [0.25, 0.3) is 0 Å². The minimum Gasteiger partial charge on any atom is -0.506 e. The largest absolute Gasteiger partial charge is 0.506 e. The fourth-order valence-corrected chi connectivity index (χ4v) is 2.63. The molecule has 0 aromatic heterocycles. The number of hydrogen-bond acceptors (Lipinski definition) is 4. The lowest BCUT2D eigenvalue weighted by atomic mass is 10.0. The van der Waals surface area contributed by atoms with E-state index in [0.717, 1.165) is 31.7 Å². The molecule has 2 rings (SSSR count). The van der Waals surface area contributed by atoms with E-state index in [4.69, 9.17) is 11.6 Å². The third kappa shape index (κ3) is 3.97. The average molecular weight is 307 g/mol. The lowest BCUT2D eigenvalue weighted by molar-refractivity contribution is 0.139. The van der Waals surface area contributed by atoms with E-state index >= 15 is 0 Å². The molecule has 6 heteroatoms. The van der Waals surface area contributed by atoms with E-state index in [-0.39, 0.29) is 30.8 Å². The van der Waals surface area contributed by atoms with Gasteiger partial charge in [-0.15, -0.1) is 12.4 Å². The van der Waals surface area contributed by atoms with Crippen LogP contribution in [0.5, 0.6) is 5.75 Å². The van der Waals surface area contributed by atoms with Crippen LogP contribution in [0.15, 0.2) is 18.2 Å². The summed E-state index contributed by atoms with van der Waals surface area (Å²) < 4.78 is 0. The molecule has 1 aliphatic rings. The van der Waals surface area contributed by atoms with Crippen LogP contribution in [0.1, 0.15) is 18.0 Å². The van der Waals surface area contributed by atoms with Crippen LogP contribution in [0.2, 0.25) is 5.02 Å². The standard InChI is InChI=1S/C13H19ClN2O2.ClH/c14-11-3-1-2-10(13(11)18)12(4-9-17)16-7-5-15-6-8-16;/h1-3,12,15,17-18H,4-9H2;1H/t12-;/m0./s1. The molecule has 0 unspecified atom stereocenters. The first-order valence-corrected chi connectivity index (χ1v) is 6.65. The van der Waals surface area contributed by atoms with E-state index in [9.17, 15) is 10.2 Å². The van der Waals surface area contributed by atoms with Gasteiger partial charge in [-0.25, -0.2) is 0 Å². The Balaban J connectivity index is 0.00000180. The molecule has 19 heavy (non-hydrogen) atoms. The first kappa shape index (κ1) is 16.5. The van der Waals surface area contributed by atoms with E-state index in [1.807, 2.05) is 12.1 Å². The van der Waals surface area contributed by atoms with Crippen molar-refractivity contribution in [2.75, 3.05) is 32.8 Å². The van der Waals surface area contributed by atoms with Gasteiger partial charge in [-0.2, -0.15) is 0 Å². The van der Waals surface area contributed by atoms with Crippen molar-refractivity contribution >= 4 is 24.0 Å². The molecular formula is C13H20Cl2N2O2. The quantitative estimate of drug-likeness (QED) is 0.794. The number of aliphatic hydroxyl groups is 1. The van der Waals surface area contributed by atoms with Crippen molar-refractivity contribution in [3.8, 4) is 5.75 Å². The van der Waals surface area contributed by atoms with Gasteiger partial charge >= 0.3 is 0 Å². The highest BCUT2D eigenvalue weighted by Gasteiger charge is 2.24. The molecule has 108 valence electrons. The van der Waals surface area contributed by atoms with E-state index < -0.39 is 0 Å². The topological polar surface area (TPSA) is 55.7 Å². The molecule has 1 aliphatic heterocycles. The Morgan fingerprint density at radius 2 is 2.00 bits per heavy atom. The predicted octanol–water partition coefficient (Wildman–Crippen LogP) is 1.80. The molecule has 0 aliphatic carbocycles. The number of phenols is 1. The first-order valence-electron chi connectivity index (χ1n) is 6.27. The van der Waals surface area contributed by atoms with E-state index in [0.29, 0.717) is 11.4 Å². The number of benzene rings is 1. The Hall–Kier alpha value is -0.520. The summed E-state index contributed by atoms with van der Waals surface area (Å²) in [4.78, 5) is 2.28. The Kier molecular flexibility index (Phi) is 6.89. The van der Waals surface area contributed by atoms with Gasteiger partial charge in [0.05, 0.1) is 5.02 Å². The number of hydrogen-bond donors (Lipinski definition) is 3. The highest BCUT2D eigenvalue weighted by Crippen LogP contribution is 2.35. The highest BCUT2D eigenvalue weighted by molar-refractivity contribution is 6.32. The zero-order valence-corrected chi connectivity index (χ0v) is 12.3. The van der Waals surface area contributed by atoms with E-state index in [1.54, 1.807) is 6.07 Å². The van der Waals surface area contributed by atoms with Gasteiger partial charge in [-0.1, -0.05) is 23.7 Å². The number of nitrogens with zero attached hydrogens (tertiary/aromatic N) is 1. The summed E-state index contributed by atoms with van der Waals surface area (Å²) in [6.45, 7) is 3.79. The monoisotopic (exact) mass is 306 g/mol. The summed E-state index contributed by atoms with van der Waals surface area (Å²) in [6.07, 6.45) is 0.605. The molecule has 1 heterocycles. The maximum Gasteiger partial charge on any atom is 0.138 e. The molecular weight excluding hydrogens is 287 g/mol. The summed E-state index contributed by atoms with van der Waals surface area (Å²) in [5, 5.41) is 23.0. The van der Waals surface area contributed by atoms with Crippen LogP contribution in [-0.2, 0) is 0 Å². The van der Waals surface area contributed by atoms with E-state index in [2.05, 4.69) is 10.2 Å². The van der Waals surface area contributed by atoms with Gasteiger partial charge in [-0.3, -0.25) is 4.90 Å². The van der Waals surface area contributed by atoms with Crippen molar-refractivity contribution in [3.63, 3.8) is 0 Å². The Morgan fingerprint density at radius 1 is 1.32 bits per heavy atom. The van der Waals surface area contributed by atoms with Crippen LogP contribution in [0.3, 0.4) is 0 Å². The molecule has 0 spiro atoms. The smallest absolute Gasteiger partial charge is 0.138 e. The van der Waals surface area contributed by atoms with Gasteiger partial charge < -0.3 is 15.5 Å². The molecule has 0 saturated carbocycles. The van der Waals surface area contributed by atoms with Crippen LogP contribution in [-0.4, -0.2) is 47.9 Å². The zero-order valence-electron chi connectivity index (χ0n) is 10.7. The van der Waals surface area contributed by atoms with Gasteiger partial charge in [0.1, 0.15) is 5.75 Å². The number of nitrogens with one attached hydrogen (secondary N) is 1. The molecule has 3 N–H and O–H groups in total. The summed E-state index contributed by atoms with van der Waals surface area (Å²) in [5.41, 5.74) is 0.804. The molecule has 1 aromatic carbocycles. The summed E-state index contributed by atoms with van der Waals surface area (Å²) in [6, 6.07) is 5.41. The molecule has 0 bridgehead atoms. The van der Waals surface area contributed by atoms with Crippen molar-refractivity contribution in [2.45, 2.75) is 12.5 Å². The molecule has 1 atom stereocenters. The number of para-hydroxylation sites is 1. The molecule has 1 saturated heterocycles. The number of phenolic OH excluding ortho intramolecular Hbond substituents is 1.